The third-order valence-corrected chi connectivity index (χ3v) is 9.24. The summed E-state index contributed by atoms with van der Waals surface area (Å²) in [6.07, 6.45) is 46.3. The van der Waals surface area contributed by atoms with Crippen LogP contribution < -0.4 is 4.89 Å². The van der Waals surface area contributed by atoms with Gasteiger partial charge in [-0.25, -0.2) is 0 Å². The summed E-state index contributed by atoms with van der Waals surface area (Å²) < 4.78 is 34.4. The van der Waals surface area contributed by atoms with Crippen LogP contribution in [0, 0.1) is 0 Å². The van der Waals surface area contributed by atoms with Crippen molar-refractivity contribution in [2.45, 2.75) is 148 Å². The molecule has 0 saturated heterocycles. The Balaban J connectivity index is 4.24. The van der Waals surface area contributed by atoms with E-state index in [1.807, 2.05) is 21.1 Å². The van der Waals surface area contributed by atoms with E-state index in [4.69, 9.17) is 18.5 Å². The van der Waals surface area contributed by atoms with E-state index in [2.05, 4.69) is 86.8 Å². The summed E-state index contributed by atoms with van der Waals surface area (Å²) in [5.74, 6) is -0.363. The summed E-state index contributed by atoms with van der Waals surface area (Å²) in [5.41, 5.74) is 0. The number of rotatable bonds is 37. The lowest BCUT2D eigenvalue weighted by molar-refractivity contribution is -0.870. The number of unbranched alkanes of at least 4 members (excludes halogenated alkanes) is 11. The molecule has 0 aliphatic heterocycles. The normalized spacial score (nSPS) is 14.6. The molecule has 0 amide bonds. The first-order chi connectivity index (χ1) is 25.6. The van der Waals surface area contributed by atoms with Gasteiger partial charge in [-0.3, -0.25) is 9.36 Å². The van der Waals surface area contributed by atoms with E-state index in [-0.39, 0.29) is 32.2 Å². The van der Waals surface area contributed by atoms with Gasteiger partial charge in [-0.05, 0) is 64.2 Å². The molecular weight excluding hydrogens is 685 g/mol. The van der Waals surface area contributed by atoms with Crippen molar-refractivity contribution >= 4 is 13.8 Å². The van der Waals surface area contributed by atoms with Gasteiger partial charge in [0, 0.05) is 13.0 Å². The van der Waals surface area contributed by atoms with Gasteiger partial charge in [0.2, 0.25) is 0 Å². The van der Waals surface area contributed by atoms with Gasteiger partial charge in [-0.1, -0.05) is 145 Å². The van der Waals surface area contributed by atoms with E-state index in [1.54, 1.807) is 0 Å². The first-order valence-electron chi connectivity index (χ1n) is 20.7. The molecular formula is C44H78NO7P. The number of hydrogen-bond donors (Lipinski definition) is 0. The van der Waals surface area contributed by atoms with Crippen molar-refractivity contribution in [3.8, 4) is 0 Å². The Labute approximate surface area is 325 Å². The smallest absolute Gasteiger partial charge is 0.306 e. The van der Waals surface area contributed by atoms with Gasteiger partial charge in [-0.15, -0.1) is 0 Å². The fourth-order valence-electron chi connectivity index (χ4n) is 5.08. The summed E-state index contributed by atoms with van der Waals surface area (Å²) in [4.78, 5) is 24.9. The predicted octanol–water partition coefficient (Wildman–Crippen LogP) is 11.3. The van der Waals surface area contributed by atoms with E-state index in [0.29, 0.717) is 17.6 Å². The Bertz CT molecular complexity index is 1070. The Morgan fingerprint density at radius 2 is 1.09 bits per heavy atom. The fourth-order valence-corrected chi connectivity index (χ4v) is 5.81. The van der Waals surface area contributed by atoms with E-state index in [0.717, 1.165) is 83.5 Å². The van der Waals surface area contributed by atoms with Crippen LogP contribution in [0.1, 0.15) is 142 Å². The second kappa shape index (κ2) is 36.9. The molecule has 2 unspecified atom stereocenters. The number of ether oxygens (including phenoxy) is 2. The quantitative estimate of drug-likeness (QED) is 0.0204. The zero-order valence-electron chi connectivity index (χ0n) is 34.4. The SMILES string of the molecule is CC/C=C\C/C=C\C/C=C\C/C=C\C/C=C\C/C=C\CCCCCCC(=O)OC(COCCCCCCCCCC)COP(=O)([O-])OCC[N+](C)(C)C. The third-order valence-electron chi connectivity index (χ3n) is 8.27. The summed E-state index contributed by atoms with van der Waals surface area (Å²) in [6.45, 7) is 5.21. The zero-order chi connectivity index (χ0) is 39.1. The Morgan fingerprint density at radius 1 is 0.604 bits per heavy atom. The van der Waals surface area contributed by atoms with Gasteiger partial charge in [-0.2, -0.15) is 0 Å². The molecule has 8 nitrogen and oxygen atoms in total. The molecule has 0 fully saturated rings. The molecule has 0 heterocycles. The molecule has 0 saturated carbocycles. The lowest BCUT2D eigenvalue weighted by Gasteiger charge is -2.28. The number of quaternary nitrogens is 1. The number of carbonyl (C=O) groups excluding carboxylic acids is 1. The minimum Gasteiger partial charge on any atom is -0.756 e. The van der Waals surface area contributed by atoms with E-state index >= 15 is 0 Å². The van der Waals surface area contributed by atoms with E-state index < -0.39 is 13.9 Å². The highest BCUT2D eigenvalue weighted by Gasteiger charge is 2.20. The molecule has 2 atom stereocenters. The lowest BCUT2D eigenvalue weighted by atomic mass is 10.1. The molecule has 0 bridgehead atoms. The maximum Gasteiger partial charge on any atom is 0.306 e. The standard InChI is InChI=1S/C44H78NO7P/c1-6-8-10-12-14-16-17-18-19-20-21-22-23-24-25-26-27-28-29-30-31-33-35-37-44(46)52-43(41-49-39-36-34-32-15-13-11-9-7-2)42-51-53(47,48)50-40-38-45(3,4)5/h8,10,14,16,18-19,21-22,24-25,27-28,43H,6-7,9,11-13,15,17,20,23,26,29-42H2,1-5H3/b10-8-,16-14-,19-18-,22-21-,25-24-,28-27-. The Kier molecular flexibility index (Phi) is 35.5. The van der Waals surface area contributed by atoms with Crippen molar-refractivity contribution in [1.82, 2.24) is 0 Å². The number of nitrogens with zero attached hydrogens (tertiary/aromatic N) is 1. The van der Waals surface area contributed by atoms with Crippen LogP contribution in [-0.2, 0) is 27.9 Å². The van der Waals surface area contributed by atoms with Crippen molar-refractivity contribution in [2.24, 2.45) is 0 Å². The lowest BCUT2D eigenvalue weighted by Crippen LogP contribution is -2.37. The van der Waals surface area contributed by atoms with Crippen LogP contribution in [0.25, 0.3) is 0 Å². The van der Waals surface area contributed by atoms with Crippen LogP contribution in [0.3, 0.4) is 0 Å². The minimum absolute atomic E-state index is 0.0176. The molecule has 0 rings (SSSR count). The van der Waals surface area contributed by atoms with Gasteiger partial charge in [0.15, 0.2) is 0 Å². The van der Waals surface area contributed by atoms with E-state index in [9.17, 15) is 14.3 Å². The molecule has 0 spiro atoms. The van der Waals surface area contributed by atoms with Crippen LogP contribution in [0.15, 0.2) is 72.9 Å². The van der Waals surface area contributed by atoms with Crippen molar-refractivity contribution in [3.63, 3.8) is 0 Å². The maximum atomic E-state index is 12.6. The summed E-state index contributed by atoms with van der Waals surface area (Å²) in [6, 6.07) is 0. The number of phosphoric acid groups is 1. The molecule has 9 heteroatoms. The molecule has 0 radical (unpaired) electrons. The van der Waals surface area contributed by atoms with Crippen LogP contribution in [-0.4, -0.2) is 70.7 Å². The third kappa shape index (κ3) is 41.0. The summed E-state index contributed by atoms with van der Waals surface area (Å²) in [7, 11) is 1.33. The van der Waals surface area contributed by atoms with Crippen molar-refractivity contribution in [3.05, 3.63) is 72.9 Å². The van der Waals surface area contributed by atoms with Crippen LogP contribution in [0.5, 0.6) is 0 Å². The zero-order valence-corrected chi connectivity index (χ0v) is 35.3. The highest BCUT2D eigenvalue weighted by atomic mass is 31.2. The molecule has 0 N–H and O–H groups in total. The second-order valence-electron chi connectivity index (χ2n) is 14.6. The average Bonchev–Trinajstić information content (AvgIpc) is 3.11. The molecule has 0 aromatic rings. The number of allylic oxidation sites excluding steroid dienone is 12. The van der Waals surface area contributed by atoms with Gasteiger partial charge < -0.3 is 27.9 Å². The van der Waals surface area contributed by atoms with Crippen molar-refractivity contribution in [1.29, 1.82) is 0 Å². The summed E-state index contributed by atoms with van der Waals surface area (Å²) in [5, 5.41) is 0. The Morgan fingerprint density at radius 3 is 1.64 bits per heavy atom. The Hall–Kier alpha value is -2.06. The maximum absolute atomic E-state index is 12.6. The van der Waals surface area contributed by atoms with Crippen LogP contribution >= 0.6 is 7.82 Å². The summed E-state index contributed by atoms with van der Waals surface area (Å²) >= 11 is 0. The van der Waals surface area contributed by atoms with Crippen LogP contribution in [0.4, 0.5) is 0 Å². The van der Waals surface area contributed by atoms with Gasteiger partial charge >= 0.3 is 5.97 Å². The largest absolute Gasteiger partial charge is 0.756 e. The van der Waals surface area contributed by atoms with E-state index in [1.165, 1.54) is 38.5 Å². The molecule has 0 aliphatic rings. The van der Waals surface area contributed by atoms with Crippen molar-refractivity contribution in [2.75, 3.05) is 54.1 Å². The first kappa shape index (κ1) is 50.9. The number of esters is 1. The van der Waals surface area contributed by atoms with Gasteiger partial charge in [0.25, 0.3) is 7.82 Å². The topological polar surface area (TPSA) is 94.1 Å². The molecule has 306 valence electrons. The predicted molar refractivity (Wildman–Crippen MR) is 222 cm³/mol. The van der Waals surface area contributed by atoms with Gasteiger partial charge in [0.05, 0.1) is 34.4 Å². The number of phosphoric ester groups is 1. The van der Waals surface area contributed by atoms with Gasteiger partial charge in [0.1, 0.15) is 19.3 Å². The monoisotopic (exact) mass is 764 g/mol. The molecule has 53 heavy (non-hydrogen) atoms. The average molecular weight is 764 g/mol. The number of likely N-dealkylation sites (N-methyl/N-ethyl adjacent to an activating group) is 1. The highest BCUT2D eigenvalue weighted by molar-refractivity contribution is 7.45. The fraction of sp³-hybridized carbons (Fsp3) is 0.705. The second-order valence-corrected chi connectivity index (χ2v) is 16.0. The number of carbonyl (C=O) groups is 1. The first-order valence-corrected chi connectivity index (χ1v) is 22.1. The number of hydrogen-bond acceptors (Lipinski definition) is 7. The molecule has 0 aliphatic carbocycles. The van der Waals surface area contributed by atoms with Crippen LogP contribution in [0.2, 0.25) is 0 Å². The highest BCUT2D eigenvalue weighted by Crippen LogP contribution is 2.38. The van der Waals surface area contributed by atoms with Crippen molar-refractivity contribution < 1.29 is 37.3 Å². The molecule has 0 aromatic carbocycles. The minimum atomic E-state index is -4.53. The molecule has 0 aromatic heterocycles.